The van der Waals surface area contributed by atoms with Crippen LogP contribution in [-0.4, -0.2) is 59.4 Å². The third kappa shape index (κ3) is 2.55. The predicted octanol–water partition coefficient (Wildman–Crippen LogP) is 1.32. The van der Waals surface area contributed by atoms with Crippen LogP contribution in [0.25, 0.3) is 0 Å². The zero-order valence-electron chi connectivity index (χ0n) is 15.6. The van der Waals surface area contributed by atoms with Crippen LogP contribution in [0.4, 0.5) is 10.7 Å². The molecule has 136 valence electrons. The Bertz CT molecular complexity index is 752. The first-order valence-electron chi connectivity index (χ1n) is 8.71. The molecule has 1 aromatic heterocycles. The number of aliphatic imine (C=N–C) groups is 1. The third-order valence-electron chi connectivity index (χ3n) is 5.00. The van der Waals surface area contributed by atoms with E-state index in [1.165, 1.54) is 9.80 Å². The van der Waals surface area contributed by atoms with Gasteiger partial charge in [0.2, 0.25) is 11.9 Å². The van der Waals surface area contributed by atoms with E-state index in [4.69, 9.17) is 4.74 Å². The van der Waals surface area contributed by atoms with E-state index in [0.29, 0.717) is 19.0 Å². The lowest BCUT2D eigenvalue weighted by molar-refractivity contribution is -0.689. The number of carbonyl (C=O) groups excluding carboxylic acids is 2. The summed E-state index contributed by atoms with van der Waals surface area (Å²) in [6.45, 7) is 7.84. The van der Waals surface area contributed by atoms with Crippen LogP contribution in [0.1, 0.15) is 37.2 Å². The highest BCUT2D eigenvalue weighted by molar-refractivity contribution is 6.20. The van der Waals surface area contributed by atoms with Crippen LogP contribution in [-0.2, 0) is 16.1 Å². The first kappa shape index (κ1) is 17.6. The molecule has 1 atom stereocenters. The zero-order chi connectivity index (χ0) is 18.3. The van der Waals surface area contributed by atoms with Crippen molar-refractivity contribution < 1.29 is 18.9 Å². The number of ether oxygens (including phenoxy) is 1. The van der Waals surface area contributed by atoms with Crippen molar-refractivity contribution in [1.29, 1.82) is 0 Å². The Morgan fingerprint density at radius 1 is 1.28 bits per heavy atom. The lowest BCUT2D eigenvalue weighted by atomic mass is 10.1. The van der Waals surface area contributed by atoms with E-state index in [1.807, 2.05) is 25.3 Å². The number of hydrogen-bond donors (Lipinski definition) is 0. The lowest BCUT2D eigenvalue weighted by Gasteiger charge is -2.33. The molecule has 1 saturated heterocycles. The van der Waals surface area contributed by atoms with Crippen LogP contribution < -0.4 is 4.57 Å². The molecule has 8 heteroatoms. The average molecular weight is 348 g/mol. The van der Waals surface area contributed by atoms with Gasteiger partial charge in [0.15, 0.2) is 0 Å². The maximum atomic E-state index is 13.0. The fourth-order valence-electron chi connectivity index (χ4n) is 3.57. The highest BCUT2D eigenvalue weighted by atomic mass is 16.5. The monoisotopic (exact) mass is 348 g/mol. The van der Waals surface area contributed by atoms with Crippen molar-refractivity contribution in [2.45, 2.75) is 46.2 Å². The van der Waals surface area contributed by atoms with Gasteiger partial charge in [-0.15, -0.1) is 0 Å². The molecule has 0 N–H and O–H groups in total. The molecule has 1 fully saturated rings. The van der Waals surface area contributed by atoms with E-state index >= 15 is 0 Å². The van der Waals surface area contributed by atoms with Gasteiger partial charge in [0.25, 0.3) is 5.91 Å². The highest BCUT2D eigenvalue weighted by Crippen LogP contribution is 2.35. The molecule has 3 heterocycles. The summed E-state index contributed by atoms with van der Waals surface area (Å²) in [5, 5.41) is 0. The van der Waals surface area contributed by atoms with Gasteiger partial charge >= 0.3 is 12.0 Å². The van der Waals surface area contributed by atoms with Crippen molar-refractivity contribution >= 4 is 23.7 Å². The van der Waals surface area contributed by atoms with Crippen molar-refractivity contribution in [3.05, 3.63) is 11.4 Å². The van der Waals surface area contributed by atoms with Gasteiger partial charge in [0.1, 0.15) is 11.4 Å². The number of imidazole rings is 1. The van der Waals surface area contributed by atoms with Gasteiger partial charge in [-0.2, -0.15) is 0 Å². The van der Waals surface area contributed by atoms with Gasteiger partial charge in [-0.3, -0.25) is 14.6 Å². The molecule has 8 nitrogen and oxygen atoms in total. The molecule has 0 spiro atoms. The second kappa shape index (κ2) is 6.59. The maximum Gasteiger partial charge on any atom is 0.402 e. The number of hydrogen-bond acceptors (Lipinski definition) is 4. The Kier molecular flexibility index (Phi) is 4.64. The smallest absolute Gasteiger partial charge is 0.385 e. The molecule has 0 aliphatic carbocycles. The van der Waals surface area contributed by atoms with Crippen molar-refractivity contribution in [2.75, 3.05) is 27.3 Å². The van der Waals surface area contributed by atoms with E-state index in [-0.39, 0.29) is 11.9 Å². The number of imide groups is 1. The Balaban J connectivity index is 2.04. The molecule has 1 aromatic rings. The Morgan fingerprint density at radius 2 is 2.00 bits per heavy atom. The van der Waals surface area contributed by atoms with Crippen LogP contribution in [0.15, 0.2) is 4.99 Å². The number of methoxy groups -OCH3 is 1. The molecule has 3 amide bonds. The largest absolute Gasteiger partial charge is 0.402 e. The number of nitrogens with zero attached hydrogens (tertiary/aromatic N) is 5. The van der Waals surface area contributed by atoms with Gasteiger partial charge in [-0.1, -0.05) is 11.9 Å². The molecule has 0 aromatic carbocycles. The predicted molar refractivity (Wildman–Crippen MR) is 91.9 cm³/mol. The number of carbonyl (C=O) groups is 2. The summed E-state index contributed by atoms with van der Waals surface area (Å²) in [6.07, 6.45) is 1.59. The summed E-state index contributed by atoms with van der Waals surface area (Å²) in [5.74, 6) is 1.06. The summed E-state index contributed by atoms with van der Waals surface area (Å²) in [7, 11) is 3.37. The van der Waals surface area contributed by atoms with Gasteiger partial charge in [-0.05, 0) is 20.3 Å². The average Bonchev–Trinajstić information content (AvgIpc) is 3.08. The molecule has 25 heavy (non-hydrogen) atoms. The summed E-state index contributed by atoms with van der Waals surface area (Å²) < 4.78 is 9.21. The Labute approximate surface area is 147 Å². The third-order valence-corrected chi connectivity index (χ3v) is 5.00. The van der Waals surface area contributed by atoms with Gasteiger partial charge in [0.05, 0.1) is 6.54 Å². The van der Waals surface area contributed by atoms with E-state index < -0.39 is 6.04 Å². The fourth-order valence-corrected chi connectivity index (χ4v) is 3.57. The minimum atomic E-state index is -0.549. The summed E-state index contributed by atoms with van der Waals surface area (Å²) in [4.78, 5) is 33.0. The van der Waals surface area contributed by atoms with Crippen molar-refractivity contribution in [3.8, 4) is 0 Å². The molecule has 0 saturated carbocycles. The molecule has 0 bridgehead atoms. The quantitative estimate of drug-likeness (QED) is 0.575. The van der Waals surface area contributed by atoms with Crippen LogP contribution in [0.2, 0.25) is 0 Å². The van der Waals surface area contributed by atoms with E-state index in [2.05, 4.69) is 9.56 Å². The number of rotatable bonds is 6. The fraction of sp³-hybridized carbons (Fsp3) is 0.647. The molecular weight excluding hydrogens is 322 g/mol. The Hall–Kier alpha value is -2.22. The van der Waals surface area contributed by atoms with Crippen LogP contribution in [0.5, 0.6) is 0 Å². The maximum absolute atomic E-state index is 13.0. The first-order chi connectivity index (χ1) is 11.9. The van der Waals surface area contributed by atoms with Crippen molar-refractivity contribution in [2.24, 2.45) is 4.99 Å². The number of likely N-dealkylation sites (N-methyl/N-ethyl adjacent to an activating group) is 1. The normalized spacial score (nSPS) is 19.4. The van der Waals surface area contributed by atoms with Gasteiger partial charge < -0.3 is 4.74 Å². The number of fused-ring (bicyclic) bond motifs is 3. The van der Waals surface area contributed by atoms with Gasteiger partial charge in [-0.25, -0.2) is 13.9 Å². The highest BCUT2D eigenvalue weighted by Gasteiger charge is 2.53. The molecule has 3 rings (SSSR count). The minimum Gasteiger partial charge on any atom is -0.385 e. The minimum absolute atomic E-state index is 0.190. The first-order valence-corrected chi connectivity index (χ1v) is 8.71. The summed E-state index contributed by atoms with van der Waals surface area (Å²) >= 11 is 0. The van der Waals surface area contributed by atoms with E-state index in [0.717, 1.165) is 36.7 Å². The van der Waals surface area contributed by atoms with Crippen molar-refractivity contribution in [3.63, 3.8) is 0 Å². The number of urea groups is 1. The number of aromatic nitrogens is 2. The SMILES string of the molecule is CCCN1C(=O)C2C(=Nc3n2c(C)c(C)[n+]3CCCOC)N(C)C1=O. The standard InChI is InChI=1S/C17H26N5O3/c1-6-8-21-15(23)13-14(19(4)17(21)24)18-16-20(9-7-10-25-5)11(2)12(3)22(13)16/h13H,6-10H2,1-5H3/q+1. The zero-order valence-corrected chi connectivity index (χ0v) is 15.6. The van der Waals surface area contributed by atoms with Gasteiger partial charge in [0, 0.05) is 33.7 Å². The lowest BCUT2D eigenvalue weighted by Crippen LogP contribution is -2.57. The van der Waals surface area contributed by atoms with E-state index in [9.17, 15) is 9.59 Å². The topological polar surface area (TPSA) is 71.0 Å². The van der Waals surface area contributed by atoms with Crippen LogP contribution in [0.3, 0.4) is 0 Å². The Morgan fingerprint density at radius 3 is 2.64 bits per heavy atom. The number of amidine groups is 1. The summed E-state index contributed by atoms with van der Waals surface area (Å²) in [6, 6.07) is -0.848. The summed E-state index contributed by atoms with van der Waals surface area (Å²) in [5.41, 5.74) is 2.09. The van der Waals surface area contributed by atoms with Crippen LogP contribution in [0, 0.1) is 13.8 Å². The van der Waals surface area contributed by atoms with Crippen LogP contribution >= 0.6 is 0 Å². The van der Waals surface area contributed by atoms with Crippen molar-refractivity contribution in [1.82, 2.24) is 14.4 Å². The van der Waals surface area contributed by atoms with E-state index in [1.54, 1.807) is 14.2 Å². The number of amides is 3. The molecule has 0 radical (unpaired) electrons. The second-order valence-electron chi connectivity index (χ2n) is 6.54. The molecule has 2 aliphatic rings. The molecule has 1 unspecified atom stereocenters. The second-order valence-corrected chi connectivity index (χ2v) is 6.54. The molecular formula is C17H26N5O3+. The molecule has 2 aliphatic heterocycles.